The van der Waals surface area contributed by atoms with E-state index in [-0.39, 0.29) is 12.0 Å². The fraction of sp³-hybridized carbons (Fsp3) is 0.400. The molecule has 0 spiro atoms. The van der Waals surface area contributed by atoms with Gasteiger partial charge in [-0.1, -0.05) is 60.7 Å². The van der Waals surface area contributed by atoms with Crippen LogP contribution >= 0.6 is 0 Å². The normalized spacial score (nSPS) is 34.7. The van der Waals surface area contributed by atoms with Crippen LogP contribution in [0.2, 0.25) is 0 Å². The van der Waals surface area contributed by atoms with Crippen molar-refractivity contribution in [1.29, 1.82) is 0 Å². The lowest BCUT2D eigenvalue weighted by Crippen LogP contribution is -2.56. The van der Waals surface area contributed by atoms with E-state index in [2.05, 4.69) is 54.4 Å². The van der Waals surface area contributed by atoms with Crippen molar-refractivity contribution in [3.63, 3.8) is 0 Å². The number of nitrogens with zero attached hydrogens (tertiary/aromatic N) is 1. The predicted molar refractivity (Wildman–Crippen MR) is 88.7 cm³/mol. The predicted octanol–water partition coefficient (Wildman–Crippen LogP) is 3.52. The van der Waals surface area contributed by atoms with Crippen LogP contribution in [0.1, 0.15) is 36.3 Å². The number of likely N-dealkylation sites (N-methyl/N-ethyl adjacent to an activating group) is 1. The Balaban J connectivity index is 1.86. The van der Waals surface area contributed by atoms with Gasteiger partial charge in [0.05, 0.1) is 0 Å². The second-order valence-corrected chi connectivity index (χ2v) is 6.80. The minimum absolute atomic E-state index is 0.171. The summed E-state index contributed by atoms with van der Waals surface area (Å²) in [5.41, 5.74) is 1.52. The summed E-state index contributed by atoms with van der Waals surface area (Å²) in [5.74, 6) is 0.171. The molecule has 2 fully saturated rings. The largest absolute Gasteiger partial charge is 0.383 e. The molecule has 2 aliphatic heterocycles. The highest BCUT2D eigenvalue weighted by Gasteiger charge is 2.55. The van der Waals surface area contributed by atoms with Gasteiger partial charge in [0.25, 0.3) is 0 Å². The maximum Gasteiger partial charge on any atom is 0.112 e. The topological polar surface area (TPSA) is 23.5 Å². The molecule has 0 radical (unpaired) electrons. The van der Waals surface area contributed by atoms with E-state index in [1.807, 2.05) is 18.2 Å². The van der Waals surface area contributed by atoms with Gasteiger partial charge in [0.1, 0.15) is 5.60 Å². The molecule has 2 aliphatic rings. The Kier molecular flexibility index (Phi) is 3.32. The lowest BCUT2D eigenvalue weighted by Gasteiger charge is -2.50. The molecule has 2 heteroatoms. The summed E-state index contributed by atoms with van der Waals surface area (Å²) in [4.78, 5) is 2.41. The van der Waals surface area contributed by atoms with E-state index in [9.17, 15) is 5.11 Å². The maximum absolute atomic E-state index is 11.9. The number of aliphatic hydroxyl groups is 1. The average Bonchev–Trinajstić information content (AvgIpc) is 2.85. The van der Waals surface area contributed by atoms with Crippen LogP contribution in [0.5, 0.6) is 0 Å². The molecule has 2 saturated heterocycles. The first-order valence-electron chi connectivity index (χ1n) is 8.26. The van der Waals surface area contributed by atoms with Crippen molar-refractivity contribution in [2.75, 3.05) is 7.05 Å². The minimum Gasteiger partial charge on any atom is -0.383 e. The van der Waals surface area contributed by atoms with Gasteiger partial charge in [-0.2, -0.15) is 0 Å². The summed E-state index contributed by atoms with van der Waals surface area (Å²) >= 11 is 0. The van der Waals surface area contributed by atoms with Crippen molar-refractivity contribution in [3.05, 3.63) is 71.8 Å². The summed E-state index contributed by atoms with van der Waals surface area (Å²) in [6, 6.07) is 21.6. The highest BCUT2D eigenvalue weighted by atomic mass is 16.3. The van der Waals surface area contributed by atoms with Crippen molar-refractivity contribution >= 4 is 0 Å². The highest BCUT2D eigenvalue weighted by molar-refractivity contribution is 5.35. The van der Waals surface area contributed by atoms with Crippen LogP contribution in [0, 0.1) is 0 Å². The smallest absolute Gasteiger partial charge is 0.112 e. The van der Waals surface area contributed by atoms with Crippen molar-refractivity contribution in [3.8, 4) is 0 Å². The Bertz CT molecular complexity index is 641. The number of hydrogen-bond acceptors (Lipinski definition) is 2. The molecule has 2 heterocycles. The van der Waals surface area contributed by atoms with Gasteiger partial charge >= 0.3 is 0 Å². The zero-order valence-electron chi connectivity index (χ0n) is 13.0. The Morgan fingerprint density at radius 2 is 1.59 bits per heavy atom. The molecule has 114 valence electrons. The SMILES string of the molecule is CN1[C@@H]2CC[C@@H]1C(O)(c1ccccc1)C(c1ccccc1)C2. The quantitative estimate of drug-likeness (QED) is 0.915. The second kappa shape index (κ2) is 5.22. The van der Waals surface area contributed by atoms with Crippen LogP contribution in [0.4, 0.5) is 0 Å². The summed E-state index contributed by atoms with van der Waals surface area (Å²) in [7, 11) is 2.18. The van der Waals surface area contributed by atoms with E-state index < -0.39 is 5.60 Å². The van der Waals surface area contributed by atoms with Crippen molar-refractivity contribution < 1.29 is 5.11 Å². The number of fused-ring (bicyclic) bond motifs is 2. The van der Waals surface area contributed by atoms with E-state index in [0.717, 1.165) is 18.4 Å². The third kappa shape index (κ3) is 1.94. The zero-order chi connectivity index (χ0) is 15.2. The van der Waals surface area contributed by atoms with Gasteiger partial charge in [-0.3, -0.25) is 4.90 Å². The summed E-state index contributed by atoms with van der Waals surface area (Å²) in [6.07, 6.45) is 3.30. The van der Waals surface area contributed by atoms with E-state index in [4.69, 9.17) is 0 Å². The number of rotatable bonds is 2. The monoisotopic (exact) mass is 293 g/mol. The molecule has 0 aromatic heterocycles. The van der Waals surface area contributed by atoms with Gasteiger partial charge in [0.2, 0.25) is 0 Å². The van der Waals surface area contributed by atoms with Gasteiger partial charge in [-0.25, -0.2) is 0 Å². The fourth-order valence-corrected chi connectivity index (χ4v) is 4.68. The number of benzene rings is 2. The lowest BCUT2D eigenvalue weighted by molar-refractivity contribution is -0.0913. The first-order valence-corrected chi connectivity index (χ1v) is 8.26. The molecule has 0 aliphatic carbocycles. The van der Waals surface area contributed by atoms with E-state index in [1.54, 1.807) is 0 Å². The average molecular weight is 293 g/mol. The zero-order valence-corrected chi connectivity index (χ0v) is 13.0. The van der Waals surface area contributed by atoms with E-state index >= 15 is 0 Å². The maximum atomic E-state index is 11.9. The Labute approximate surface area is 132 Å². The molecule has 22 heavy (non-hydrogen) atoms. The summed E-state index contributed by atoms with van der Waals surface area (Å²) in [5, 5.41) is 11.9. The third-order valence-corrected chi connectivity index (χ3v) is 5.83. The van der Waals surface area contributed by atoms with E-state index in [1.165, 1.54) is 12.0 Å². The van der Waals surface area contributed by atoms with Crippen molar-refractivity contribution in [1.82, 2.24) is 4.90 Å². The van der Waals surface area contributed by atoms with Crippen molar-refractivity contribution in [2.45, 2.75) is 42.9 Å². The molecule has 2 unspecified atom stereocenters. The Morgan fingerprint density at radius 1 is 0.955 bits per heavy atom. The molecule has 2 nitrogen and oxygen atoms in total. The standard InChI is InChI=1S/C20H23NO/c1-21-17-12-13-19(21)20(22,16-10-6-3-7-11-16)18(14-17)15-8-4-2-5-9-15/h2-11,17-19,22H,12-14H2,1H3/t17-,18?,19-,20?/m1/s1. The van der Waals surface area contributed by atoms with Crippen LogP contribution in [-0.2, 0) is 5.60 Å². The van der Waals surface area contributed by atoms with Gasteiger partial charge < -0.3 is 5.11 Å². The van der Waals surface area contributed by atoms with Gasteiger partial charge in [-0.15, -0.1) is 0 Å². The van der Waals surface area contributed by atoms with Crippen LogP contribution in [0.3, 0.4) is 0 Å². The van der Waals surface area contributed by atoms with Crippen LogP contribution in [-0.4, -0.2) is 29.1 Å². The Morgan fingerprint density at radius 3 is 2.27 bits per heavy atom. The molecule has 2 aromatic carbocycles. The fourth-order valence-electron chi connectivity index (χ4n) is 4.68. The molecule has 4 atom stereocenters. The van der Waals surface area contributed by atoms with Crippen molar-refractivity contribution in [2.24, 2.45) is 0 Å². The van der Waals surface area contributed by atoms with E-state index in [0.29, 0.717) is 6.04 Å². The number of piperidine rings is 1. The number of hydrogen-bond donors (Lipinski definition) is 1. The minimum atomic E-state index is -0.801. The molecule has 2 bridgehead atoms. The first-order chi connectivity index (χ1) is 10.7. The van der Waals surface area contributed by atoms with Crippen LogP contribution in [0.25, 0.3) is 0 Å². The highest BCUT2D eigenvalue weighted by Crippen LogP contribution is 2.53. The van der Waals surface area contributed by atoms with Gasteiger partial charge in [0, 0.05) is 18.0 Å². The molecule has 2 aromatic rings. The summed E-state index contributed by atoms with van der Waals surface area (Å²) < 4.78 is 0. The lowest BCUT2D eigenvalue weighted by atomic mass is 9.69. The molecule has 0 amide bonds. The molecule has 1 N–H and O–H groups in total. The Hall–Kier alpha value is -1.64. The van der Waals surface area contributed by atoms with Gasteiger partial charge in [-0.05, 0) is 37.4 Å². The summed E-state index contributed by atoms with van der Waals surface area (Å²) in [6.45, 7) is 0. The molecular weight excluding hydrogens is 270 g/mol. The molecule has 0 saturated carbocycles. The first kappa shape index (κ1) is 14.0. The molecule has 4 rings (SSSR count). The molecular formula is C20H23NO. The van der Waals surface area contributed by atoms with Gasteiger partial charge in [0.15, 0.2) is 0 Å². The van der Waals surface area contributed by atoms with Crippen LogP contribution in [0.15, 0.2) is 60.7 Å². The second-order valence-electron chi connectivity index (χ2n) is 6.80. The third-order valence-electron chi connectivity index (χ3n) is 5.83. The van der Waals surface area contributed by atoms with Crippen LogP contribution < -0.4 is 0 Å².